The second kappa shape index (κ2) is 13.2. The van der Waals surface area contributed by atoms with Gasteiger partial charge in [-0.1, -0.05) is 39.0 Å². The van der Waals surface area contributed by atoms with Crippen molar-refractivity contribution < 1.29 is 28.5 Å². The van der Waals surface area contributed by atoms with E-state index in [1.807, 2.05) is 18.2 Å². The minimum absolute atomic E-state index is 0.122. The Morgan fingerprint density at radius 1 is 1.06 bits per heavy atom. The maximum absolute atomic E-state index is 12.3. The third kappa shape index (κ3) is 8.18. The molecule has 0 saturated carbocycles. The summed E-state index contributed by atoms with van der Waals surface area (Å²) in [7, 11) is 1.44. The Bertz CT molecular complexity index is 1080. The van der Waals surface area contributed by atoms with Crippen LogP contribution in [-0.2, 0) is 19.7 Å². The lowest BCUT2D eigenvalue weighted by Gasteiger charge is -2.23. The highest BCUT2D eigenvalue weighted by atomic mass is 16.6. The number of carbonyl (C=O) groups excluding carboxylic acids is 2. The van der Waals surface area contributed by atoms with Gasteiger partial charge in [-0.2, -0.15) is 5.26 Å². The maximum atomic E-state index is 12.3. The summed E-state index contributed by atoms with van der Waals surface area (Å²) >= 11 is 0. The van der Waals surface area contributed by atoms with Gasteiger partial charge in [0, 0.05) is 6.42 Å². The second-order valence-corrected chi connectivity index (χ2v) is 8.49. The molecule has 0 aromatic heterocycles. The molecule has 2 aromatic carbocycles. The van der Waals surface area contributed by atoms with Crippen LogP contribution in [0.25, 0.3) is 6.08 Å². The fourth-order valence-corrected chi connectivity index (χ4v) is 3.16. The van der Waals surface area contributed by atoms with E-state index in [9.17, 15) is 14.9 Å². The van der Waals surface area contributed by atoms with Gasteiger partial charge in [-0.25, -0.2) is 4.79 Å². The smallest absolute Gasteiger partial charge is 0.348 e. The van der Waals surface area contributed by atoms with Crippen LogP contribution in [0, 0.1) is 11.3 Å². The summed E-state index contributed by atoms with van der Waals surface area (Å²) in [5.41, 5.74) is 1.78. The van der Waals surface area contributed by atoms with E-state index < -0.39 is 11.9 Å². The summed E-state index contributed by atoms with van der Waals surface area (Å²) in [5.74, 6) is 0.199. The van der Waals surface area contributed by atoms with Crippen molar-refractivity contribution in [1.29, 1.82) is 5.26 Å². The molecule has 0 spiro atoms. The predicted molar refractivity (Wildman–Crippen MR) is 133 cm³/mol. The fraction of sp³-hybridized carbons (Fsp3) is 0.393. The van der Waals surface area contributed by atoms with Gasteiger partial charge in [0.1, 0.15) is 17.4 Å². The molecule has 7 nitrogen and oxygen atoms in total. The molecule has 0 saturated heterocycles. The molecule has 0 atom stereocenters. The molecule has 0 unspecified atom stereocenters. The number of methoxy groups -OCH3 is 1. The first-order chi connectivity index (χ1) is 16.7. The van der Waals surface area contributed by atoms with Crippen molar-refractivity contribution in [2.75, 3.05) is 20.3 Å². The van der Waals surface area contributed by atoms with Gasteiger partial charge < -0.3 is 18.9 Å². The van der Waals surface area contributed by atoms with Crippen LogP contribution in [0.2, 0.25) is 0 Å². The van der Waals surface area contributed by atoms with Gasteiger partial charge in [0.2, 0.25) is 0 Å². The van der Waals surface area contributed by atoms with Gasteiger partial charge in [-0.3, -0.25) is 4.79 Å². The molecule has 0 aliphatic heterocycles. The summed E-state index contributed by atoms with van der Waals surface area (Å²) in [4.78, 5) is 24.1. The van der Waals surface area contributed by atoms with Crippen molar-refractivity contribution in [3.63, 3.8) is 0 Å². The van der Waals surface area contributed by atoms with Crippen molar-refractivity contribution in [2.45, 2.75) is 52.4 Å². The monoisotopic (exact) mass is 479 g/mol. The molecular weight excluding hydrogens is 446 g/mol. The third-order valence-corrected chi connectivity index (χ3v) is 5.65. The van der Waals surface area contributed by atoms with Gasteiger partial charge in [0.25, 0.3) is 0 Å². The topological polar surface area (TPSA) is 94.9 Å². The largest absolute Gasteiger partial charge is 0.494 e. The summed E-state index contributed by atoms with van der Waals surface area (Å²) in [6, 6.07) is 14.6. The van der Waals surface area contributed by atoms with Crippen LogP contribution in [0.5, 0.6) is 17.2 Å². The summed E-state index contributed by atoms with van der Waals surface area (Å²) < 4.78 is 21.3. The van der Waals surface area contributed by atoms with Crippen LogP contribution in [0.1, 0.15) is 58.1 Å². The molecule has 0 aliphatic rings. The molecule has 0 bridgehead atoms. The molecule has 2 aromatic rings. The third-order valence-electron chi connectivity index (χ3n) is 5.65. The van der Waals surface area contributed by atoms with Crippen molar-refractivity contribution >= 4 is 18.0 Å². The Morgan fingerprint density at radius 3 is 2.37 bits per heavy atom. The molecule has 0 aliphatic carbocycles. The Kier molecular flexibility index (Phi) is 10.3. The second-order valence-electron chi connectivity index (χ2n) is 8.49. The number of nitrogens with zero attached hydrogens (tertiary/aromatic N) is 1. The molecule has 0 heterocycles. The first-order valence-electron chi connectivity index (χ1n) is 11.6. The highest BCUT2D eigenvalue weighted by Crippen LogP contribution is 2.30. The van der Waals surface area contributed by atoms with Crippen LogP contribution in [0.4, 0.5) is 0 Å². The van der Waals surface area contributed by atoms with Crippen LogP contribution in [0.3, 0.4) is 0 Å². The van der Waals surface area contributed by atoms with Gasteiger partial charge in [-0.05, 0) is 66.6 Å². The van der Waals surface area contributed by atoms with E-state index in [1.165, 1.54) is 18.7 Å². The van der Waals surface area contributed by atoms with E-state index in [0.717, 1.165) is 12.2 Å². The van der Waals surface area contributed by atoms with Crippen LogP contribution >= 0.6 is 0 Å². The Morgan fingerprint density at radius 2 is 1.77 bits per heavy atom. The average molecular weight is 480 g/mol. The number of ether oxygens (including phenoxy) is 4. The number of hydrogen-bond donors (Lipinski definition) is 0. The minimum atomic E-state index is -0.701. The fourth-order valence-electron chi connectivity index (χ4n) is 3.16. The average Bonchev–Trinajstić information content (AvgIpc) is 2.86. The van der Waals surface area contributed by atoms with Crippen LogP contribution < -0.4 is 14.2 Å². The lowest BCUT2D eigenvalue weighted by Crippen LogP contribution is -2.15. The molecule has 2 rings (SSSR count). The van der Waals surface area contributed by atoms with E-state index >= 15 is 0 Å². The van der Waals surface area contributed by atoms with Crippen LogP contribution in [0.15, 0.2) is 48.0 Å². The normalized spacial score (nSPS) is 11.4. The Labute approximate surface area is 207 Å². The van der Waals surface area contributed by atoms with E-state index in [2.05, 4.69) is 32.9 Å². The zero-order valence-electron chi connectivity index (χ0n) is 21.1. The van der Waals surface area contributed by atoms with Gasteiger partial charge in [0.15, 0.2) is 11.5 Å². The molecule has 186 valence electrons. The standard InChI is InChI=1S/C28H33NO6/c1-6-28(3,4)22-11-13-23(14-12-22)34-16-8-9-26(30)35-24-15-10-20(18-25(24)32-5)17-21(19-29)27(31)33-7-2/h10-15,17-18H,6-9,16H2,1-5H3/b21-17+. The zero-order valence-corrected chi connectivity index (χ0v) is 21.1. The first kappa shape index (κ1) is 27.5. The van der Waals surface area contributed by atoms with Crippen molar-refractivity contribution in [1.82, 2.24) is 0 Å². The van der Waals surface area contributed by atoms with E-state index in [1.54, 1.807) is 25.1 Å². The molecular formula is C28H33NO6. The lowest BCUT2D eigenvalue weighted by atomic mass is 9.82. The van der Waals surface area contributed by atoms with Gasteiger partial charge >= 0.3 is 11.9 Å². The number of benzene rings is 2. The quantitative estimate of drug-likeness (QED) is 0.128. The number of carbonyl (C=O) groups is 2. The van der Waals surface area contributed by atoms with Crippen molar-refractivity contribution in [2.24, 2.45) is 0 Å². The molecule has 0 amide bonds. The van der Waals surface area contributed by atoms with E-state index in [-0.39, 0.29) is 29.8 Å². The number of esters is 2. The van der Waals surface area contributed by atoms with Crippen molar-refractivity contribution in [3.8, 4) is 23.3 Å². The lowest BCUT2D eigenvalue weighted by molar-refractivity contribution is -0.138. The minimum Gasteiger partial charge on any atom is -0.494 e. The summed E-state index contributed by atoms with van der Waals surface area (Å²) in [6.45, 7) is 8.81. The zero-order chi connectivity index (χ0) is 25.8. The number of nitriles is 1. The van der Waals surface area contributed by atoms with E-state index in [0.29, 0.717) is 24.3 Å². The van der Waals surface area contributed by atoms with E-state index in [4.69, 9.17) is 18.9 Å². The number of rotatable bonds is 12. The summed E-state index contributed by atoms with van der Waals surface area (Å²) in [6.07, 6.45) is 3.11. The molecule has 0 fully saturated rings. The highest BCUT2D eigenvalue weighted by molar-refractivity contribution is 5.98. The molecule has 0 N–H and O–H groups in total. The Hall–Kier alpha value is -3.79. The SMILES string of the molecule is CCOC(=O)/C(C#N)=C/c1ccc(OC(=O)CCCOc2ccc(C(C)(C)CC)cc2)c(OC)c1. The first-order valence-corrected chi connectivity index (χ1v) is 11.6. The molecule has 35 heavy (non-hydrogen) atoms. The van der Waals surface area contributed by atoms with Gasteiger partial charge in [-0.15, -0.1) is 0 Å². The van der Waals surface area contributed by atoms with Gasteiger partial charge in [0.05, 0.1) is 20.3 Å². The highest BCUT2D eigenvalue weighted by Gasteiger charge is 2.17. The number of hydrogen-bond acceptors (Lipinski definition) is 7. The van der Waals surface area contributed by atoms with Crippen molar-refractivity contribution in [3.05, 3.63) is 59.2 Å². The summed E-state index contributed by atoms with van der Waals surface area (Å²) in [5, 5.41) is 9.18. The Balaban J connectivity index is 1.90. The predicted octanol–water partition coefficient (Wildman–Crippen LogP) is 5.62. The molecule has 7 heteroatoms. The van der Waals surface area contributed by atoms with Crippen LogP contribution in [-0.4, -0.2) is 32.3 Å². The maximum Gasteiger partial charge on any atom is 0.348 e. The molecule has 0 radical (unpaired) electrons.